The molecule has 6 nitrogen and oxygen atoms in total. The van der Waals surface area contributed by atoms with E-state index in [9.17, 15) is 18.0 Å². The summed E-state index contributed by atoms with van der Waals surface area (Å²) in [4.78, 5) is 15.1. The van der Waals surface area contributed by atoms with E-state index in [0.29, 0.717) is 23.0 Å². The predicted octanol–water partition coefficient (Wildman–Crippen LogP) is 3.21. The smallest absolute Gasteiger partial charge is 0.406 e. The first kappa shape index (κ1) is 18.1. The number of carbonyl (C=O) groups excluding carboxylic acids is 1. The van der Waals surface area contributed by atoms with Gasteiger partial charge in [-0.15, -0.1) is 13.2 Å². The number of H-pyrrole nitrogens is 1. The monoisotopic (exact) mass is 382 g/mol. The number of rotatable bonds is 3. The molecule has 27 heavy (non-hydrogen) atoms. The van der Waals surface area contributed by atoms with Gasteiger partial charge in [0, 0.05) is 23.5 Å². The number of ether oxygens (including phenoxy) is 1. The molecular weight excluding hydrogens is 361 g/mol. The molecule has 1 aromatic carbocycles. The Morgan fingerprint density at radius 1 is 1.30 bits per heavy atom. The van der Waals surface area contributed by atoms with E-state index in [1.807, 2.05) is 0 Å². The molecule has 0 unspecified atom stereocenters. The summed E-state index contributed by atoms with van der Waals surface area (Å²) >= 11 is 0. The molecule has 0 spiro atoms. The first-order valence-electron chi connectivity index (χ1n) is 9.07. The quantitative estimate of drug-likeness (QED) is 0.855. The van der Waals surface area contributed by atoms with Crippen molar-refractivity contribution < 1.29 is 22.7 Å². The molecule has 1 amide bonds. The molecule has 2 aliphatic rings. The normalized spacial score (nSPS) is 26.1. The summed E-state index contributed by atoms with van der Waals surface area (Å²) in [5, 5.41) is 10.0. The highest BCUT2D eigenvalue weighted by atomic mass is 19.4. The number of amides is 1. The van der Waals surface area contributed by atoms with Crippen LogP contribution in [0.5, 0.6) is 5.75 Å². The number of alkyl halides is 3. The first-order chi connectivity index (χ1) is 12.8. The molecule has 2 bridgehead atoms. The molecule has 9 heteroatoms. The van der Waals surface area contributed by atoms with E-state index in [-0.39, 0.29) is 23.4 Å². The molecule has 146 valence electrons. The largest absolute Gasteiger partial charge is 0.573 e. The van der Waals surface area contributed by atoms with Gasteiger partial charge < -0.3 is 15.0 Å². The molecule has 0 aliphatic carbocycles. The molecule has 0 saturated carbocycles. The molecular formula is C18H21F3N4O2. The molecule has 0 radical (unpaired) electrons. The summed E-state index contributed by atoms with van der Waals surface area (Å²) in [6.45, 7) is 0. The minimum atomic E-state index is -4.79. The lowest BCUT2D eigenvalue weighted by Crippen LogP contribution is -2.55. The second kappa shape index (κ2) is 6.70. The Balaban J connectivity index is 1.52. The van der Waals surface area contributed by atoms with Crippen molar-refractivity contribution in [1.82, 2.24) is 20.4 Å². The van der Waals surface area contributed by atoms with Gasteiger partial charge in [0.05, 0.1) is 5.52 Å². The summed E-state index contributed by atoms with van der Waals surface area (Å²) in [7, 11) is 2.13. The summed E-state index contributed by atoms with van der Waals surface area (Å²) in [5.74, 6) is -0.752. The van der Waals surface area contributed by atoms with E-state index in [1.165, 1.54) is 24.6 Å². The van der Waals surface area contributed by atoms with Crippen molar-refractivity contribution in [2.75, 3.05) is 7.05 Å². The number of nitrogens with one attached hydrogen (secondary N) is 2. The zero-order chi connectivity index (χ0) is 19.2. The zero-order valence-corrected chi connectivity index (χ0v) is 14.8. The number of hydrogen-bond donors (Lipinski definition) is 2. The average molecular weight is 382 g/mol. The van der Waals surface area contributed by atoms with E-state index < -0.39 is 6.36 Å². The highest BCUT2D eigenvalue weighted by molar-refractivity contribution is 6.05. The number of benzene rings is 1. The Morgan fingerprint density at radius 3 is 2.67 bits per heavy atom. The molecule has 2 aromatic rings. The minimum Gasteiger partial charge on any atom is -0.406 e. The third-order valence-electron chi connectivity index (χ3n) is 5.66. The number of carbonyl (C=O) groups is 1. The van der Waals surface area contributed by atoms with Crippen LogP contribution in [-0.4, -0.2) is 52.5 Å². The number of aromatic nitrogens is 2. The van der Waals surface area contributed by atoms with Crippen LogP contribution in [0.25, 0.3) is 10.9 Å². The standard InChI is InChI=1S/C18H21F3N4O2/c1-25-11-3-2-4-12(25)8-10(7-11)22-17(26)16-14-9-13(27-18(19,20)21)5-6-15(14)23-24-16/h5-6,9-12H,2-4,7-8H2,1H3,(H,22,26)(H,23,24)/t10-,11+,12-. The van der Waals surface area contributed by atoms with Crippen molar-refractivity contribution in [1.29, 1.82) is 0 Å². The van der Waals surface area contributed by atoms with E-state index in [1.54, 1.807) is 0 Å². The molecule has 2 aliphatic heterocycles. The third-order valence-corrected chi connectivity index (χ3v) is 5.66. The SMILES string of the molecule is CN1[C@@H]2CCC[C@H]1C[C@@H](NC(=O)c1n[nH]c3ccc(OC(F)(F)F)cc13)C2. The molecule has 3 heterocycles. The van der Waals surface area contributed by atoms with Gasteiger partial charge in [-0.05, 0) is 50.9 Å². The fourth-order valence-corrected chi connectivity index (χ4v) is 4.35. The van der Waals surface area contributed by atoms with Crippen molar-refractivity contribution >= 4 is 16.8 Å². The number of aromatic amines is 1. The van der Waals surface area contributed by atoms with Crippen molar-refractivity contribution in [2.24, 2.45) is 0 Å². The van der Waals surface area contributed by atoms with Gasteiger partial charge in [-0.3, -0.25) is 9.89 Å². The molecule has 4 rings (SSSR count). The van der Waals surface area contributed by atoms with Crippen LogP contribution in [0.4, 0.5) is 13.2 Å². The Bertz CT molecular complexity index is 837. The van der Waals surface area contributed by atoms with Crippen LogP contribution in [0, 0.1) is 0 Å². The van der Waals surface area contributed by atoms with Gasteiger partial charge >= 0.3 is 6.36 Å². The third kappa shape index (κ3) is 3.73. The molecule has 2 fully saturated rings. The summed E-state index contributed by atoms with van der Waals surface area (Å²) in [5.41, 5.74) is 0.566. The maximum Gasteiger partial charge on any atom is 0.573 e. The maximum absolute atomic E-state index is 12.7. The minimum absolute atomic E-state index is 0.0466. The lowest BCUT2D eigenvalue weighted by Gasteiger charge is -2.47. The van der Waals surface area contributed by atoms with E-state index in [0.717, 1.165) is 25.7 Å². The fourth-order valence-electron chi connectivity index (χ4n) is 4.35. The Morgan fingerprint density at radius 2 is 2.00 bits per heavy atom. The van der Waals surface area contributed by atoms with E-state index in [2.05, 4.69) is 32.2 Å². The summed E-state index contributed by atoms with van der Waals surface area (Å²) in [6, 6.07) is 4.76. The zero-order valence-electron chi connectivity index (χ0n) is 14.8. The number of hydrogen-bond acceptors (Lipinski definition) is 4. The van der Waals surface area contributed by atoms with Crippen LogP contribution < -0.4 is 10.1 Å². The van der Waals surface area contributed by atoms with Gasteiger partial charge in [-0.2, -0.15) is 5.10 Å². The van der Waals surface area contributed by atoms with Gasteiger partial charge in [-0.25, -0.2) is 0 Å². The number of halogens is 3. The lowest BCUT2D eigenvalue weighted by atomic mass is 9.82. The number of fused-ring (bicyclic) bond motifs is 3. The first-order valence-corrected chi connectivity index (χ1v) is 9.07. The summed E-state index contributed by atoms with van der Waals surface area (Å²) < 4.78 is 41.3. The van der Waals surface area contributed by atoms with Crippen LogP contribution >= 0.6 is 0 Å². The predicted molar refractivity (Wildman–Crippen MR) is 92.5 cm³/mol. The fraction of sp³-hybridized carbons (Fsp3) is 0.556. The molecule has 1 aromatic heterocycles. The Hall–Kier alpha value is -2.29. The van der Waals surface area contributed by atoms with Crippen LogP contribution in [-0.2, 0) is 0 Å². The van der Waals surface area contributed by atoms with Gasteiger partial charge in [0.25, 0.3) is 5.91 Å². The van der Waals surface area contributed by atoms with Gasteiger partial charge in [0.2, 0.25) is 0 Å². The second-order valence-electron chi connectivity index (χ2n) is 7.37. The van der Waals surface area contributed by atoms with E-state index >= 15 is 0 Å². The lowest BCUT2D eigenvalue weighted by molar-refractivity contribution is -0.274. The Kier molecular flexibility index (Phi) is 4.49. The van der Waals surface area contributed by atoms with Crippen LogP contribution in [0.15, 0.2) is 18.2 Å². The van der Waals surface area contributed by atoms with Crippen LogP contribution in [0.2, 0.25) is 0 Å². The van der Waals surface area contributed by atoms with Crippen molar-refractivity contribution in [2.45, 2.75) is 56.6 Å². The topological polar surface area (TPSA) is 70.2 Å². The summed E-state index contributed by atoms with van der Waals surface area (Å²) in [6.07, 6.45) is 0.441. The molecule has 2 saturated heterocycles. The highest BCUT2D eigenvalue weighted by Crippen LogP contribution is 2.33. The molecule has 3 atom stereocenters. The van der Waals surface area contributed by atoms with Crippen molar-refractivity contribution in [3.63, 3.8) is 0 Å². The van der Waals surface area contributed by atoms with Gasteiger partial charge in [-0.1, -0.05) is 6.42 Å². The van der Waals surface area contributed by atoms with Crippen molar-refractivity contribution in [3.8, 4) is 5.75 Å². The maximum atomic E-state index is 12.7. The highest BCUT2D eigenvalue weighted by Gasteiger charge is 2.37. The van der Waals surface area contributed by atoms with Gasteiger partial charge in [0.1, 0.15) is 5.75 Å². The van der Waals surface area contributed by atoms with E-state index in [4.69, 9.17) is 0 Å². The Labute approximate surface area is 154 Å². The number of nitrogens with zero attached hydrogens (tertiary/aromatic N) is 2. The molecule has 2 N–H and O–H groups in total. The number of piperidine rings is 2. The average Bonchev–Trinajstić information content (AvgIpc) is 2.97. The second-order valence-corrected chi connectivity index (χ2v) is 7.37. The van der Waals surface area contributed by atoms with Gasteiger partial charge in [0.15, 0.2) is 5.69 Å². The van der Waals surface area contributed by atoms with Crippen molar-refractivity contribution in [3.05, 3.63) is 23.9 Å². The van der Waals surface area contributed by atoms with Crippen LogP contribution in [0.1, 0.15) is 42.6 Å². The van der Waals surface area contributed by atoms with Crippen LogP contribution in [0.3, 0.4) is 0 Å².